The standard InChI is InChI=1S/C15H14ClF3N2/c1-7-12(8-5-10(18)11(19)6-9(8)17)20-14(15(2,3)4)21-13(7)16/h5-6H,1-4H3. The van der Waals surface area contributed by atoms with Crippen LogP contribution in [0.1, 0.15) is 32.2 Å². The van der Waals surface area contributed by atoms with Gasteiger partial charge >= 0.3 is 0 Å². The van der Waals surface area contributed by atoms with E-state index in [2.05, 4.69) is 9.97 Å². The molecule has 0 unspecified atom stereocenters. The van der Waals surface area contributed by atoms with Crippen molar-refractivity contribution in [2.75, 3.05) is 0 Å². The van der Waals surface area contributed by atoms with Gasteiger partial charge in [-0.1, -0.05) is 32.4 Å². The van der Waals surface area contributed by atoms with Crippen LogP contribution in [-0.4, -0.2) is 9.97 Å². The lowest BCUT2D eigenvalue weighted by atomic mass is 9.95. The first kappa shape index (κ1) is 15.8. The number of halogens is 4. The molecule has 0 amide bonds. The molecule has 2 rings (SSSR count). The van der Waals surface area contributed by atoms with Gasteiger partial charge in [-0.15, -0.1) is 0 Å². The molecule has 0 aliphatic heterocycles. The lowest BCUT2D eigenvalue weighted by molar-refractivity contribution is 0.495. The molecule has 0 saturated carbocycles. The maximum absolute atomic E-state index is 13.9. The largest absolute Gasteiger partial charge is 0.232 e. The summed E-state index contributed by atoms with van der Waals surface area (Å²) in [6.45, 7) is 7.23. The van der Waals surface area contributed by atoms with Crippen molar-refractivity contribution >= 4 is 11.6 Å². The van der Waals surface area contributed by atoms with Crippen LogP contribution in [0, 0.1) is 24.4 Å². The Balaban J connectivity index is 2.75. The molecule has 0 atom stereocenters. The molecule has 1 aromatic carbocycles. The van der Waals surface area contributed by atoms with Gasteiger partial charge in [0.2, 0.25) is 0 Å². The minimum atomic E-state index is -1.25. The molecule has 0 N–H and O–H groups in total. The second kappa shape index (κ2) is 5.30. The molecule has 1 heterocycles. The number of aromatic nitrogens is 2. The van der Waals surface area contributed by atoms with E-state index >= 15 is 0 Å². The molecule has 0 fully saturated rings. The zero-order valence-electron chi connectivity index (χ0n) is 12.1. The number of hydrogen-bond acceptors (Lipinski definition) is 2. The van der Waals surface area contributed by atoms with Crippen LogP contribution in [0.4, 0.5) is 13.2 Å². The lowest BCUT2D eigenvalue weighted by Gasteiger charge is -2.19. The highest BCUT2D eigenvalue weighted by molar-refractivity contribution is 6.30. The van der Waals surface area contributed by atoms with Gasteiger partial charge in [-0.25, -0.2) is 23.1 Å². The Morgan fingerprint density at radius 3 is 2.10 bits per heavy atom. The van der Waals surface area contributed by atoms with Crippen LogP contribution in [0.5, 0.6) is 0 Å². The van der Waals surface area contributed by atoms with E-state index in [1.165, 1.54) is 0 Å². The number of benzene rings is 1. The first-order valence-corrected chi connectivity index (χ1v) is 6.68. The van der Waals surface area contributed by atoms with Crippen molar-refractivity contribution in [3.8, 4) is 11.3 Å². The summed E-state index contributed by atoms with van der Waals surface area (Å²) in [6, 6.07) is 1.28. The molecule has 1 aromatic heterocycles. The Hall–Kier alpha value is -1.62. The molecule has 0 saturated heterocycles. The van der Waals surface area contributed by atoms with E-state index in [0.29, 0.717) is 17.5 Å². The summed E-state index contributed by atoms with van der Waals surface area (Å²) in [4.78, 5) is 8.45. The van der Waals surface area contributed by atoms with Gasteiger partial charge in [0, 0.05) is 22.6 Å². The van der Waals surface area contributed by atoms with Crippen LogP contribution < -0.4 is 0 Å². The second-order valence-corrected chi connectivity index (χ2v) is 6.17. The van der Waals surface area contributed by atoms with E-state index in [1.54, 1.807) is 6.92 Å². The van der Waals surface area contributed by atoms with Crippen molar-refractivity contribution in [3.63, 3.8) is 0 Å². The van der Waals surface area contributed by atoms with Gasteiger partial charge in [0.05, 0.1) is 5.69 Å². The monoisotopic (exact) mass is 314 g/mol. The third-order valence-corrected chi connectivity index (χ3v) is 3.39. The third-order valence-electron chi connectivity index (χ3n) is 3.02. The molecule has 0 spiro atoms. The van der Waals surface area contributed by atoms with Gasteiger partial charge in [0.25, 0.3) is 0 Å². The van der Waals surface area contributed by atoms with Crippen molar-refractivity contribution in [3.05, 3.63) is 46.1 Å². The van der Waals surface area contributed by atoms with Crippen LogP contribution in [0.3, 0.4) is 0 Å². The SMILES string of the molecule is Cc1c(Cl)nc(C(C)(C)C)nc1-c1cc(F)c(F)cc1F. The normalized spacial score (nSPS) is 11.8. The van der Waals surface area contributed by atoms with Crippen molar-refractivity contribution in [2.45, 2.75) is 33.1 Å². The minimum Gasteiger partial charge on any atom is -0.232 e. The summed E-state index contributed by atoms with van der Waals surface area (Å²) in [6.07, 6.45) is 0. The summed E-state index contributed by atoms with van der Waals surface area (Å²) in [5.74, 6) is -2.88. The fraction of sp³-hybridized carbons (Fsp3) is 0.333. The van der Waals surface area contributed by atoms with E-state index in [1.807, 2.05) is 20.8 Å². The first-order chi connectivity index (χ1) is 9.61. The van der Waals surface area contributed by atoms with Crippen molar-refractivity contribution in [1.82, 2.24) is 9.97 Å². The molecule has 0 aliphatic rings. The lowest BCUT2D eigenvalue weighted by Crippen LogP contribution is -2.17. The third kappa shape index (κ3) is 3.02. The topological polar surface area (TPSA) is 25.8 Å². The van der Waals surface area contributed by atoms with Gasteiger partial charge < -0.3 is 0 Å². The highest BCUT2D eigenvalue weighted by Gasteiger charge is 2.23. The van der Waals surface area contributed by atoms with E-state index in [-0.39, 0.29) is 16.4 Å². The molecule has 0 aliphatic carbocycles. The molecule has 2 nitrogen and oxygen atoms in total. The first-order valence-electron chi connectivity index (χ1n) is 6.31. The van der Waals surface area contributed by atoms with Crippen LogP contribution >= 0.6 is 11.6 Å². The number of hydrogen-bond donors (Lipinski definition) is 0. The van der Waals surface area contributed by atoms with E-state index in [0.717, 1.165) is 6.07 Å². The molecule has 0 bridgehead atoms. The predicted octanol–water partition coefficient (Wildman–Crippen LogP) is 4.82. The molecule has 0 radical (unpaired) electrons. The zero-order chi connectivity index (χ0) is 15.9. The summed E-state index contributed by atoms with van der Waals surface area (Å²) in [5.41, 5.74) is 0.0216. The summed E-state index contributed by atoms with van der Waals surface area (Å²) in [5, 5.41) is 0.161. The summed E-state index contributed by atoms with van der Waals surface area (Å²) in [7, 11) is 0. The summed E-state index contributed by atoms with van der Waals surface area (Å²) >= 11 is 6.06. The van der Waals surface area contributed by atoms with E-state index in [4.69, 9.17) is 11.6 Å². The smallest absolute Gasteiger partial charge is 0.161 e. The molecule has 6 heteroatoms. The predicted molar refractivity (Wildman–Crippen MR) is 75.8 cm³/mol. The molecular weight excluding hydrogens is 301 g/mol. The molecule has 21 heavy (non-hydrogen) atoms. The van der Waals surface area contributed by atoms with Gasteiger partial charge in [-0.3, -0.25) is 0 Å². The van der Waals surface area contributed by atoms with Crippen LogP contribution in [-0.2, 0) is 5.41 Å². The number of rotatable bonds is 1. The van der Waals surface area contributed by atoms with Gasteiger partial charge in [-0.2, -0.15) is 0 Å². The summed E-state index contributed by atoms with van der Waals surface area (Å²) < 4.78 is 40.4. The molecule has 112 valence electrons. The van der Waals surface area contributed by atoms with Gasteiger partial charge in [-0.05, 0) is 13.0 Å². The number of nitrogens with zero attached hydrogens (tertiary/aromatic N) is 2. The maximum Gasteiger partial charge on any atom is 0.161 e. The molecule has 2 aromatic rings. The van der Waals surface area contributed by atoms with Crippen molar-refractivity contribution in [2.24, 2.45) is 0 Å². The highest BCUT2D eigenvalue weighted by Crippen LogP contribution is 2.31. The van der Waals surface area contributed by atoms with Crippen molar-refractivity contribution in [1.29, 1.82) is 0 Å². The van der Waals surface area contributed by atoms with Crippen molar-refractivity contribution < 1.29 is 13.2 Å². The highest BCUT2D eigenvalue weighted by atomic mass is 35.5. The Morgan fingerprint density at radius 1 is 0.952 bits per heavy atom. The Labute approximate surface area is 126 Å². The van der Waals surface area contributed by atoms with Crippen LogP contribution in [0.2, 0.25) is 5.15 Å². The second-order valence-electron chi connectivity index (χ2n) is 5.81. The van der Waals surface area contributed by atoms with Crippen LogP contribution in [0.25, 0.3) is 11.3 Å². The fourth-order valence-electron chi connectivity index (χ4n) is 1.79. The van der Waals surface area contributed by atoms with E-state index < -0.39 is 22.9 Å². The average Bonchev–Trinajstić information content (AvgIpc) is 2.36. The van der Waals surface area contributed by atoms with Gasteiger partial charge in [0.1, 0.15) is 16.8 Å². The molecular formula is C15H14ClF3N2. The fourth-order valence-corrected chi connectivity index (χ4v) is 1.96. The van der Waals surface area contributed by atoms with E-state index in [9.17, 15) is 13.2 Å². The Bertz CT molecular complexity index is 709. The Morgan fingerprint density at radius 2 is 1.52 bits per heavy atom. The quantitative estimate of drug-likeness (QED) is 0.557. The zero-order valence-corrected chi connectivity index (χ0v) is 12.8. The Kier molecular flexibility index (Phi) is 3.97. The minimum absolute atomic E-state index is 0.138. The van der Waals surface area contributed by atoms with Gasteiger partial charge in [0.15, 0.2) is 11.6 Å². The maximum atomic E-state index is 13.9. The van der Waals surface area contributed by atoms with Crippen LogP contribution in [0.15, 0.2) is 12.1 Å². The average molecular weight is 315 g/mol.